The van der Waals surface area contributed by atoms with Gasteiger partial charge in [-0.15, -0.1) is 11.3 Å². The lowest BCUT2D eigenvalue weighted by molar-refractivity contribution is 0.374. The molecule has 0 aliphatic heterocycles. The summed E-state index contributed by atoms with van der Waals surface area (Å²) < 4.78 is 23.3. The number of methoxy groups -OCH3 is 4. The molecule has 0 atom stereocenters. The lowest BCUT2D eigenvalue weighted by atomic mass is 10.1. The van der Waals surface area contributed by atoms with Gasteiger partial charge in [0.25, 0.3) is 0 Å². The maximum Gasteiger partial charge on any atom is 0.205 e. The van der Waals surface area contributed by atoms with Crippen LogP contribution in [0.4, 0.5) is 0 Å². The van der Waals surface area contributed by atoms with Crippen molar-refractivity contribution >= 4 is 17.6 Å². The second-order valence-corrected chi connectivity index (χ2v) is 6.69. The van der Waals surface area contributed by atoms with Gasteiger partial charge in [0.15, 0.2) is 0 Å². The highest BCUT2D eigenvalue weighted by Gasteiger charge is 2.13. The van der Waals surface area contributed by atoms with Gasteiger partial charge in [0.2, 0.25) is 4.80 Å². The van der Waals surface area contributed by atoms with Gasteiger partial charge in [0, 0.05) is 30.1 Å². The number of benzene rings is 2. The molecule has 1 aromatic heterocycles. The van der Waals surface area contributed by atoms with Crippen molar-refractivity contribution < 1.29 is 18.9 Å². The molecule has 152 valence electrons. The molecule has 0 radical (unpaired) electrons. The van der Waals surface area contributed by atoms with E-state index in [-0.39, 0.29) is 0 Å². The summed E-state index contributed by atoms with van der Waals surface area (Å²) in [6.45, 7) is 0. The van der Waals surface area contributed by atoms with Crippen LogP contribution in [-0.4, -0.2) is 46.4 Å². The number of thiazole rings is 1. The van der Waals surface area contributed by atoms with Crippen molar-refractivity contribution in [1.29, 1.82) is 0 Å². The van der Waals surface area contributed by atoms with Crippen molar-refractivity contribution in [3.05, 3.63) is 52.1 Å². The van der Waals surface area contributed by atoms with E-state index in [9.17, 15) is 0 Å². The molecule has 0 bridgehead atoms. The minimum absolute atomic E-state index is 0.599. The molecule has 0 fully saturated rings. The highest BCUT2D eigenvalue weighted by Crippen LogP contribution is 2.33. The monoisotopic (exact) mass is 413 g/mol. The summed E-state index contributed by atoms with van der Waals surface area (Å²) in [4.78, 5) is 5.10. The predicted molar refractivity (Wildman–Crippen MR) is 115 cm³/mol. The molecule has 1 heterocycles. The molecule has 7 nitrogen and oxygen atoms in total. The first-order valence-electron chi connectivity index (χ1n) is 8.77. The topological polar surface area (TPSA) is 66.6 Å². The van der Waals surface area contributed by atoms with Gasteiger partial charge in [-0.3, -0.25) is 4.99 Å². The average molecular weight is 413 g/mol. The van der Waals surface area contributed by atoms with Gasteiger partial charge in [-0.2, -0.15) is 5.10 Å². The number of hydrogen-bond acceptors (Lipinski definition) is 7. The number of hydrogen-bond donors (Lipinski definition) is 0. The minimum atomic E-state index is 0.599. The summed E-state index contributed by atoms with van der Waals surface area (Å²) in [6, 6.07) is 11.4. The Balaban J connectivity index is 2.09. The lowest BCUT2D eigenvalue weighted by Gasteiger charge is -2.12. The second-order valence-electron chi connectivity index (χ2n) is 5.86. The normalized spacial score (nSPS) is 11.7. The molecule has 8 heteroatoms. The number of ether oxygens (including phenoxy) is 4. The molecule has 29 heavy (non-hydrogen) atoms. The molecule has 0 N–H and O–H groups in total. The van der Waals surface area contributed by atoms with Crippen molar-refractivity contribution in [3.63, 3.8) is 0 Å². The first-order chi connectivity index (χ1) is 14.1. The number of nitrogens with zero attached hydrogens (tertiary/aromatic N) is 3. The lowest BCUT2D eigenvalue weighted by Crippen LogP contribution is -2.11. The first-order valence-corrected chi connectivity index (χ1v) is 9.65. The summed E-state index contributed by atoms with van der Waals surface area (Å²) in [5, 5.41) is 6.69. The summed E-state index contributed by atoms with van der Waals surface area (Å²) in [5.74, 6) is 2.64. The van der Waals surface area contributed by atoms with Crippen LogP contribution >= 0.6 is 11.3 Å². The van der Waals surface area contributed by atoms with Crippen LogP contribution in [0, 0.1) is 0 Å². The summed E-state index contributed by atoms with van der Waals surface area (Å²) >= 11 is 1.51. The Morgan fingerprint density at radius 3 is 2.00 bits per heavy atom. The quantitative estimate of drug-likeness (QED) is 0.555. The van der Waals surface area contributed by atoms with E-state index < -0.39 is 0 Å². The predicted octanol–water partition coefficient (Wildman–Crippen LogP) is 3.66. The molecular weight excluding hydrogens is 390 g/mol. The van der Waals surface area contributed by atoms with Gasteiger partial charge in [-0.05, 0) is 24.3 Å². The van der Waals surface area contributed by atoms with Gasteiger partial charge in [0.05, 0.1) is 45.9 Å². The molecule has 0 spiro atoms. The maximum absolute atomic E-state index is 5.50. The fraction of sp³-hybridized carbons (Fsp3) is 0.238. The summed E-state index contributed by atoms with van der Waals surface area (Å²) in [6.07, 6.45) is 1.70. The Labute approximate surface area is 173 Å². The third kappa shape index (κ3) is 4.27. The largest absolute Gasteiger partial charge is 0.497 e. The molecule has 0 aliphatic rings. The van der Waals surface area contributed by atoms with E-state index in [1.807, 2.05) is 29.6 Å². The van der Waals surface area contributed by atoms with Gasteiger partial charge >= 0.3 is 0 Å². The van der Waals surface area contributed by atoms with E-state index in [0.29, 0.717) is 22.8 Å². The molecule has 0 aliphatic carbocycles. The highest BCUT2D eigenvalue weighted by molar-refractivity contribution is 7.07. The summed E-state index contributed by atoms with van der Waals surface area (Å²) in [5.41, 5.74) is 2.63. The van der Waals surface area contributed by atoms with Crippen LogP contribution in [-0.2, 0) is 0 Å². The van der Waals surface area contributed by atoms with Crippen molar-refractivity contribution in [2.45, 2.75) is 0 Å². The summed E-state index contributed by atoms with van der Waals surface area (Å²) in [7, 11) is 8.18. The third-order valence-electron chi connectivity index (χ3n) is 4.32. The van der Waals surface area contributed by atoms with Crippen LogP contribution in [0.3, 0.4) is 0 Å². The van der Waals surface area contributed by atoms with Crippen LogP contribution < -0.4 is 23.7 Å². The first kappa shape index (κ1) is 20.5. The van der Waals surface area contributed by atoms with E-state index in [1.54, 1.807) is 58.5 Å². The van der Waals surface area contributed by atoms with Crippen LogP contribution in [0.25, 0.3) is 11.3 Å². The Hall–Kier alpha value is -3.26. The highest BCUT2D eigenvalue weighted by atomic mass is 32.1. The second kappa shape index (κ2) is 9.29. The SMILES string of the molecule is CN=c1scc(-c2ccc(OC)cc2)n1N=Cc1c(OC)cc(OC)cc1OC. The Morgan fingerprint density at radius 2 is 1.48 bits per heavy atom. The standard InChI is InChI=1S/C21H23N3O4S/c1-22-21-24(18(13-29-21)14-6-8-15(25-2)9-7-14)23-12-17-19(27-4)10-16(26-3)11-20(17)28-5/h6-13H,1-5H3. The van der Waals surface area contributed by atoms with Gasteiger partial charge in [-0.1, -0.05) is 0 Å². The van der Waals surface area contributed by atoms with Crippen molar-refractivity contribution in [2.24, 2.45) is 10.1 Å². The molecule has 3 rings (SSSR count). The fourth-order valence-corrected chi connectivity index (χ4v) is 3.60. The van der Waals surface area contributed by atoms with Crippen LogP contribution in [0.1, 0.15) is 5.56 Å². The Bertz CT molecular complexity index is 1040. The third-order valence-corrected chi connectivity index (χ3v) is 5.23. The van der Waals surface area contributed by atoms with Gasteiger partial charge in [-0.25, -0.2) is 4.68 Å². The maximum atomic E-state index is 5.50. The van der Waals surface area contributed by atoms with Crippen LogP contribution in [0.5, 0.6) is 23.0 Å². The van der Waals surface area contributed by atoms with Gasteiger partial charge in [0.1, 0.15) is 23.0 Å². The van der Waals surface area contributed by atoms with Crippen molar-refractivity contribution in [3.8, 4) is 34.3 Å². The molecule has 0 unspecified atom stereocenters. The van der Waals surface area contributed by atoms with Crippen molar-refractivity contribution in [1.82, 2.24) is 4.68 Å². The molecule has 0 saturated carbocycles. The van der Waals surface area contributed by atoms with E-state index in [0.717, 1.165) is 21.8 Å². The zero-order valence-corrected chi connectivity index (χ0v) is 17.8. The zero-order chi connectivity index (χ0) is 20.8. The average Bonchev–Trinajstić information content (AvgIpc) is 3.19. The molecule has 2 aromatic carbocycles. The smallest absolute Gasteiger partial charge is 0.205 e. The van der Waals surface area contributed by atoms with Gasteiger partial charge < -0.3 is 18.9 Å². The number of rotatable bonds is 7. The van der Waals surface area contributed by atoms with Crippen molar-refractivity contribution in [2.75, 3.05) is 35.5 Å². The van der Waals surface area contributed by atoms with E-state index in [2.05, 4.69) is 10.1 Å². The minimum Gasteiger partial charge on any atom is -0.497 e. The molecule has 0 saturated heterocycles. The Kier molecular flexibility index (Phi) is 6.56. The van der Waals surface area contributed by atoms with Crippen LogP contribution in [0.2, 0.25) is 0 Å². The fourth-order valence-electron chi connectivity index (χ4n) is 2.80. The van der Waals surface area contributed by atoms with E-state index in [4.69, 9.17) is 18.9 Å². The Morgan fingerprint density at radius 1 is 0.862 bits per heavy atom. The zero-order valence-electron chi connectivity index (χ0n) is 17.0. The molecule has 3 aromatic rings. The van der Waals surface area contributed by atoms with E-state index in [1.165, 1.54) is 11.3 Å². The molecule has 0 amide bonds. The number of aromatic nitrogens is 1. The van der Waals surface area contributed by atoms with E-state index >= 15 is 0 Å². The molecular formula is C21H23N3O4S. The van der Waals surface area contributed by atoms with Crippen LogP contribution in [0.15, 0.2) is 51.9 Å².